The van der Waals surface area contributed by atoms with Gasteiger partial charge in [0, 0.05) is 12.1 Å². The molecule has 1 aliphatic rings. The first-order valence-electron chi connectivity index (χ1n) is 7.36. The Balaban J connectivity index is 1.90. The summed E-state index contributed by atoms with van der Waals surface area (Å²) in [4.78, 5) is 34.1. The van der Waals surface area contributed by atoms with Crippen molar-refractivity contribution in [1.29, 1.82) is 0 Å². The number of amides is 2. The van der Waals surface area contributed by atoms with E-state index < -0.39 is 28.4 Å². The molecule has 25 heavy (non-hydrogen) atoms. The van der Waals surface area contributed by atoms with Crippen LogP contribution in [-0.2, 0) is 20.3 Å². The Bertz CT molecular complexity index is 779. The Labute approximate surface area is 145 Å². The second kappa shape index (κ2) is 8.47. The summed E-state index contributed by atoms with van der Waals surface area (Å²) in [6.07, 6.45) is 0.407. The number of carboxylic acids is 1. The van der Waals surface area contributed by atoms with E-state index in [1.54, 1.807) is 6.92 Å². The van der Waals surface area contributed by atoms with Gasteiger partial charge in [-0.05, 0) is 42.2 Å². The fraction of sp³-hybridized carbons (Fsp3) is 0.333. The van der Waals surface area contributed by atoms with Gasteiger partial charge in [0.25, 0.3) is 0 Å². The van der Waals surface area contributed by atoms with E-state index in [9.17, 15) is 18.8 Å². The maximum atomic E-state index is 13.1. The van der Waals surface area contributed by atoms with E-state index in [0.717, 1.165) is 12.1 Å². The second-order valence-electron chi connectivity index (χ2n) is 5.31. The van der Waals surface area contributed by atoms with Gasteiger partial charge in [-0.25, -0.2) is 9.18 Å². The third kappa shape index (κ3) is 5.75. The lowest BCUT2D eigenvalue weighted by molar-refractivity contribution is -0.118. The van der Waals surface area contributed by atoms with E-state index in [2.05, 4.69) is 20.2 Å². The summed E-state index contributed by atoms with van der Waals surface area (Å²) in [6, 6.07) is 3.13. The van der Waals surface area contributed by atoms with Gasteiger partial charge in [-0.3, -0.25) is 9.59 Å². The van der Waals surface area contributed by atoms with Crippen molar-refractivity contribution in [1.82, 2.24) is 5.32 Å². The second-order valence-corrected chi connectivity index (χ2v) is 6.98. The Morgan fingerprint density at radius 2 is 2.16 bits per heavy atom. The molecule has 1 aliphatic heterocycles. The van der Waals surface area contributed by atoms with Crippen LogP contribution < -0.4 is 10.6 Å². The molecule has 3 N–H and O–H groups in total. The molecule has 1 aromatic rings. The molecule has 0 aliphatic carbocycles. The monoisotopic (exact) mass is 368 g/mol. The van der Waals surface area contributed by atoms with Crippen LogP contribution in [0.5, 0.6) is 0 Å². The lowest BCUT2D eigenvalue weighted by Gasteiger charge is -2.08. The fourth-order valence-corrected chi connectivity index (χ4v) is 3.17. The van der Waals surface area contributed by atoms with Crippen LogP contribution in [0.15, 0.2) is 27.8 Å². The molecule has 1 saturated heterocycles. The van der Waals surface area contributed by atoms with Crippen LogP contribution in [-0.4, -0.2) is 40.2 Å². The zero-order valence-corrected chi connectivity index (χ0v) is 14.2. The van der Waals surface area contributed by atoms with Crippen molar-refractivity contribution >= 4 is 39.9 Å². The molecule has 2 amide bonds. The summed E-state index contributed by atoms with van der Waals surface area (Å²) in [7, 11) is -0.459. The molecular weight excluding hydrogens is 351 g/mol. The van der Waals surface area contributed by atoms with Gasteiger partial charge in [0.05, 0.1) is 22.9 Å². The van der Waals surface area contributed by atoms with Crippen LogP contribution in [0.3, 0.4) is 0 Å². The maximum absolute atomic E-state index is 13.1. The minimum absolute atomic E-state index is 0.0372. The molecule has 1 aromatic carbocycles. The Kier molecular flexibility index (Phi) is 6.34. The van der Waals surface area contributed by atoms with Crippen LogP contribution in [0.1, 0.15) is 30.1 Å². The van der Waals surface area contributed by atoms with Crippen LogP contribution in [0.25, 0.3) is 0 Å². The van der Waals surface area contributed by atoms with Gasteiger partial charge in [0.2, 0.25) is 11.8 Å². The lowest BCUT2D eigenvalue weighted by atomic mass is 10.1. The summed E-state index contributed by atoms with van der Waals surface area (Å²) in [6.45, 7) is 1.71. The normalized spacial score (nSPS) is 17.4. The molecule has 134 valence electrons. The van der Waals surface area contributed by atoms with Crippen LogP contribution >= 0.6 is 0 Å². The number of rotatable bonds is 6. The summed E-state index contributed by atoms with van der Waals surface area (Å²) in [5.41, 5.74) is 0.350. The van der Waals surface area contributed by atoms with Gasteiger partial charge in [-0.1, -0.05) is 0 Å². The van der Waals surface area contributed by atoms with E-state index in [1.165, 1.54) is 6.07 Å². The Morgan fingerprint density at radius 3 is 2.80 bits per heavy atom. The zero-order chi connectivity index (χ0) is 18.4. The van der Waals surface area contributed by atoms with Crippen molar-refractivity contribution in [2.45, 2.75) is 19.8 Å². The van der Waals surface area contributed by atoms with Crippen molar-refractivity contribution in [2.75, 3.05) is 16.9 Å². The number of nitrogens with one attached hydrogen (secondary N) is 2. The fourth-order valence-electron chi connectivity index (χ4n) is 1.96. The van der Waals surface area contributed by atoms with E-state index >= 15 is 0 Å². The quantitative estimate of drug-likeness (QED) is 0.520. The molecule has 0 aromatic heterocycles. The van der Waals surface area contributed by atoms with Crippen molar-refractivity contribution in [2.24, 2.45) is 9.57 Å². The van der Waals surface area contributed by atoms with Gasteiger partial charge >= 0.3 is 5.97 Å². The van der Waals surface area contributed by atoms with Crippen LogP contribution in [0.2, 0.25) is 0 Å². The largest absolute Gasteiger partial charge is 0.478 e. The van der Waals surface area contributed by atoms with Gasteiger partial charge in [0.1, 0.15) is 5.82 Å². The molecule has 1 heterocycles. The molecule has 0 spiro atoms. The van der Waals surface area contributed by atoms with Crippen molar-refractivity contribution in [3.63, 3.8) is 0 Å². The number of nitrogens with zero attached hydrogens (tertiary/aromatic N) is 2. The van der Waals surface area contributed by atoms with Crippen molar-refractivity contribution in [3.8, 4) is 0 Å². The van der Waals surface area contributed by atoms with Crippen molar-refractivity contribution < 1.29 is 23.9 Å². The third-order valence-corrected chi connectivity index (χ3v) is 4.65. The number of hydrogen-bond donors (Lipinski definition) is 3. The summed E-state index contributed by atoms with van der Waals surface area (Å²) < 4.78 is 17.2. The predicted molar refractivity (Wildman–Crippen MR) is 92.0 cm³/mol. The molecule has 0 radical (unpaired) electrons. The van der Waals surface area contributed by atoms with Gasteiger partial charge in [-0.2, -0.15) is 5.10 Å². The van der Waals surface area contributed by atoms with E-state index in [4.69, 9.17) is 5.11 Å². The minimum Gasteiger partial charge on any atom is -0.478 e. The molecule has 0 saturated carbocycles. The van der Waals surface area contributed by atoms with Gasteiger partial charge < -0.3 is 15.7 Å². The highest BCUT2D eigenvalue weighted by molar-refractivity contribution is 7.88. The first kappa shape index (κ1) is 18.7. The number of hydrogen-bond acceptors (Lipinski definition) is 4. The molecule has 1 atom stereocenters. The van der Waals surface area contributed by atoms with E-state index in [1.807, 2.05) is 0 Å². The summed E-state index contributed by atoms with van der Waals surface area (Å²) >= 11 is 0. The number of aromatic carboxylic acids is 1. The highest BCUT2D eigenvalue weighted by atomic mass is 32.2. The highest BCUT2D eigenvalue weighted by Gasteiger charge is 2.15. The molecule has 2 rings (SSSR count). The summed E-state index contributed by atoms with van der Waals surface area (Å²) in [5, 5.41) is 18.2. The first-order valence-corrected chi connectivity index (χ1v) is 8.88. The van der Waals surface area contributed by atoms with Gasteiger partial charge in [0.15, 0.2) is 0 Å². The first-order chi connectivity index (χ1) is 11.8. The number of carbonyl (C=O) groups excluding carboxylic acids is 2. The molecule has 1 fully saturated rings. The number of halogens is 1. The van der Waals surface area contributed by atoms with Gasteiger partial charge in [-0.15, -0.1) is 4.47 Å². The molecular formula is C15H17FN4O4S. The number of carbonyl (C=O) groups is 3. The predicted octanol–water partition coefficient (Wildman–Crippen LogP) is 1.51. The minimum atomic E-state index is -1.33. The maximum Gasteiger partial charge on any atom is 0.337 e. The average Bonchev–Trinajstić information content (AvgIpc) is 2.98. The zero-order valence-electron chi connectivity index (χ0n) is 13.4. The smallest absolute Gasteiger partial charge is 0.337 e. The van der Waals surface area contributed by atoms with Crippen LogP contribution in [0, 0.1) is 5.82 Å². The Morgan fingerprint density at radius 1 is 1.40 bits per heavy atom. The van der Waals surface area contributed by atoms with Crippen LogP contribution in [0.4, 0.5) is 10.1 Å². The molecule has 0 bridgehead atoms. The average molecular weight is 368 g/mol. The lowest BCUT2D eigenvalue weighted by Crippen LogP contribution is -2.15. The number of benzene rings is 1. The molecule has 8 nitrogen and oxygen atoms in total. The highest BCUT2D eigenvalue weighted by Crippen LogP contribution is 2.17. The number of anilines is 1. The number of carboxylic acid groups (broad SMARTS) is 1. The molecule has 10 heteroatoms. The van der Waals surface area contributed by atoms with E-state index in [0.29, 0.717) is 23.8 Å². The van der Waals surface area contributed by atoms with Crippen molar-refractivity contribution in [3.05, 3.63) is 29.6 Å². The topological polar surface area (TPSA) is 120 Å². The molecule has 1 unspecified atom stereocenters. The standard InChI is InChI=1S/C15H17FN4O4S/c1-9(19-20-25-7-14(22)17-8-25)2-5-13(21)18-12-4-3-10(16)6-11(12)15(23)24/h3-4,6H,2,5,7-8H2,1H3,(H,17,22)(H,18,21)(H,23,24)/b19-9+. The Hall–Kier alpha value is -2.62. The third-order valence-electron chi connectivity index (χ3n) is 3.26. The van der Waals surface area contributed by atoms with E-state index in [-0.39, 0.29) is 23.6 Å². The SMILES string of the molecule is C/C(CCC(=O)Nc1ccc(F)cc1C(=O)O)=N\N=S1/CNC(=O)C1. The summed E-state index contributed by atoms with van der Waals surface area (Å²) in [5.74, 6) is -1.66.